The summed E-state index contributed by atoms with van der Waals surface area (Å²) >= 11 is 6.74. The number of cyclic esters (lactones) is 1. The van der Waals surface area contributed by atoms with Gasteiger partial charge in [0.25, 0.3) is 0 Å². The number of carbonyl (C=O) groups excluding carboxylic acids is 1. The molecule has 2 aliphatic rings. The molecule has 3 rings (SSSR count). The number of hydrogen-bond acceptors (Lipinski definition) is 4. The third-order valence-electron chi connectivity index (χ3n) is 4.16. The summed E-state index contributed by atoms with van der Waals surface area (Å²) in [5, 5.41) is 5.06. The largest absolute Gasteiger partial charge is 0.447 e. The molecule has 2 unspecified atom stereocenters. The molecule has 0 bridgehead atoms. The van der Waals surface area contributed by atoms with Gasteiger partial charge in [-0.05, 0) is 42.2 Å². The summed E-state index contributed by atoms with van der Waals surface area (Å²) < 4.78 is 19.7. The molecular formula is C17H19FN2O2S2. The van der Waals surface area contributed by atoms with Crippen LogP contribution in [0.2, 0.25) is 0 Å². The Morgan fingerprint density at radius 2 is 2.38 bits per heavy atom. The lowest BCUT2D eigenvalue weighted by atomic mass is 9.95. The average molecular weight is 366 g/mol. The van der Waals surface area contributed by atoms with Crippen LogP contribution in [0.4, 0.5) is 14.9 Å². The van der Waals surface area contributed by atoms with Crippen LogP contribution in [-0.2, 0) is 4.74 Å². The normalized spacial score (nSPS) is 23.2. The van der Waals surface area contributed by atoms with Crippen molar-refractivity contribution < 1.29 is 13.9 Å². The van der Waals surface area contributed by atoms with E-state index in [9.17, 15) is 9.18 Å². The van der Waals surface area contributed by atoms with Crippen molar-refractivity contribution in [1.82, 2.24) is 5.32 Å². The van der Waals surface area contributed by atoms with Gasteiger partial charge in [-0.3, -0.25) is 4.90 Å². The zero-order chi connectivity index (χ0) is 17.1. The molecule has 0 aliphatic carbocycles. The maximum absolute atomic E-state index is 14.6. The lowest BCUT2D eigenvalue weighted by Gasteiger charge is -2.23. The van der Waals surface area contributed by atoms with Gasteiger partial charge in [-0.1, -0.05) is 24.4 Å². The Bertz CT molecular complexity index is 681. The van der Waals surface area contributed by atoms with Crippen LogP contribution in [0.3, 0.4) is 0 Å². The van der Waals surface area contributed by atoms with Gasteiger partial charge in [0.05, 0.1) is 16.7 Å². The minimum absolute atomic E-state index is 0.0979. The van der Waals surface area contributed by atoms with Crippen molar-refractivity contribution >= 4 is 40.7 Å². The predicted octanol–water partition coefficient (Wildman–Crippen LogP) is 3.82. The monoisotopic (exact) mass is 366 g/mol. The van der Waals surface area contributed by atoms with Crippen LogP contribution in [0.1, 0.15) is 24.8 Å². The molecule has 1 aromatic rings. The predicted molar refractivity (Wildman–Crippen MR) is 99.2 cm³/mol. The topological polar surface area (TPSA) is 41.6 Å². The van der Waals surface area contributed by atoms with Gasteiger partial charge in [0, 0.05) is 12.5 Å². The zero-order valence-corrected chi connectivity index (χ0v) is 15.0. The molecule has 0 aromatic heterocycles. The Morgan fingerprint density at radius 1 is 1.54 bits per heavy atom. The highest BCUT2D eigenvalue weighted by molar-refractivity contribution is 8.02. The summed E-state index contributed by atoms with van der Waals surface area (Å²) in [6, 6.07) is 4.79. The first-order chi connectivity index (χ1) is 11.6. The summed E-state index contributed by atoms with van der Waals surface area (Å²) in [6.45, 7) is 2.52. The number of nitrogens with one attached hydrogen (secondary N) is 1. The van der Waals surface area contributed by atoms with Crippen LogP contribution in [0.5, 0.6) is 0 Å². The van der Waals surface area contributed by atoms with E-state index in [0.717, 1.165) is 12.2 Å². The van der Waals surface area contributed by atoms with Crippen molar-refractivity contribution in [3.05, 3.63) is 41.1 Å². The number of thiocarbonyl (C=S) groups is 1. The fourth-order valence-electron chi connectivity index (χ4n) is 2.92. The first-order valence-corrected chi connectivity index (χ1v) is 9.30. The number of amides is 1. The van der Waals surface area contributed by atoms with Gasteiger partial charge in [-0.15, -0.1) is 11.8 Å². The molecule has 2 atom stereocenters. The van der Waals surface area contributed by atoms with E-state index in [1.54, 1.807) is 30.8 Å². The highest BCUT2D eigenvalue weighted by Gasteiger charge is 2.34. The second-order valence-corrected chi connectivity index (χ2v) is 7.46. The van der Waals surface area contributed by atoms with Crippen LogP contribution in [-0.4, -0.2) is 36.0 Å². The second kappa shape index (κ2) is 7.53. The molecule has 24 heavy (non-hydrogen) atoms. The fraction of sp³-hybridized carbons (Fsp3) is 0.412. The van der Waals surface area contributed by atoms with Crippen LogP contribution in [0.25, 0.3) is 0 Å². The molecule has 1 amide bonds. The summed E-state index contributed by atoms with van der Waals surface area (Å²) in [7, 11) is 0. The first-order valence-electron chi connectivity index (χ1n) is 7.84. The summed E-state index contributed by atoms with van der Waals surface area (Å²) in [6.07, 6.45) is 2.50. The number of ether oxygens (including phenoxy) is 1. The molecule has 1 saturated heterocycles. The third-order valence-corrected chi connectivity index (χ3v) is 5.13. The number of carbonyl (C=O) groups is 1. The standard InChI is InChI=1S/C17H19FN2O2S2/c1-11(23)19-9-14-10-22-17(21)20(14)13-2-3-15(16(18)8-13)12-4-6-24-7-5-12/h2-4,6,8,12,14H,5,7,9-10H2,1H3,(H,19,23). The number of hydrogen-bond donors (Lipinski definition) is 1. The van der Waals surface area contributed by atoms with Gasteiger partial charge in [-0.25, -0.2) is 9.18 Å². The van der Waals surface area contributed by atoms with Gasteiger partial charge < -0.3 is 10.1 Å². The Hall–Kier alpha value is -1.60. The average Bonchev–Trinajstić information content (AvgIpc) is 2.94. The number of nitrogens with zero attached hydrogens (tertiary/aromatic N) is 1. The van der Waals surface area contributed by atoms with Gasteiger partial charge in [0.1, 0.15) is 12.4 Å². The van der Waals surface area contributed by atoms with Crippen molar-refractivity contribution in [3.8, 4) is 0 Å². The lowest BCUT2D eigenvalue weighted by Crippen LogP contribution is -2.42. The third kappa shape index (κ3) is 3.72. The highest BCUT2D eigenvalue weighted by Crippen LogP contribution is 2.33. The van der Waals surface area contributed by atoms with Crippen molar-refractivity contribution in [1.29, 1.82) is 0 Å². The minimum Gasteiger partial charge on any atom is -0.447 e. The molecule has 7 heteroatoms. The van der Waals surface area contributed by atoms with Gasteiger partial charge in [-0.2, -0.15) is 0 Å². The molecule has 128 valence electrons. The minimum atomic E-state index is -0.454. The second-order valence-electron chi connectivity index (χ2n) is 5.84. The molecule has 1 N–H and O–H groups in total. The summed E-state index contributed by atoms with van der Waals surface area (Å²) in [4.78, 5) is 14.2. The van der Waals surface area contributed by atoms with E-state index in [2.05, 4.69) is 5.32 Å². The fourth-order valence-corrected chi connectivity index (χ4v) is 3.83. The zero-order valence-electron chi connectivity index (χ0n) is 13.3. The van der Waals surface area contributed by atoms with E-state index in [-0.39, 0.29) is 24.4 Å². The number of anilines is 1. The molecule has 2 heterocycles. The first kappa shape index (κ1) is 17.2. The number of rotatable bonds is 4. The van der Waals surface area contributed by atoms with E-state index in [1.807, 2.05) is 11.5 Å². The molecule has 1 aromatic carbocycles. The van der Waals surface area contributed by atoms with Gasteiger partial charge in [0.2, 0.25) is 0 Å². The Labute approximate surface area is 150 Å². The van der Waals surface area contributed by atoms with Crippen molar-refractivity contribution in [3.63, 3.8) is 0 Å². The van der Waals surface area contributed by atoms with Crippen LogP contribution >= 0.6 is 24.0 Å². The quantitative estimate of drug-likeness (QED) is 0.821. The van der Waals surface area contributed by atoms with Crippen molar-refractivity contribution in [2.75, 3.05) is 23.8 Å². The molecule has 2 aliphatic heterocycles. The highest BCUT2D eigenvalue weighted by atomic mass is 32.2. The number of halogens is 1. The van der Waals surface area contributed by atoms with Crippen LogP contribution in [0, 0.1) is 5.82 Å². The maximum atomic E-state index is 14.6. The maximum Gasteiger partial charge on any atom is 0.414 e. The molecule has 1 fully saturated rings. The molecular weight excluding hydrogens is 347 g/mol. The summed E-state index contributed by atoms with van der Waals surface area (Å²) in [5.74, 6) is 0.804. The molecule has 0 spiro atoms. The van der Waals surface area contributed by atoms with Gasteiger partial charge >= 0.3 is 6.09 Å². The van der Waals surface area contributed by atoms with Crippen molar-refractivity contribution in [2.24, 2.45) is 0 Å². The Kier molecular flexibility index (Phi) is 5.40. The van der Waals surface area contributed by atoms with Crippen molar-refractivity contribution in [2.45, 2.75) is 25.3 Å². The van der Waals surface area contributed by atoms with E-state index >= 15 is 0 Å². The molecule has 0 saturated carbocycles. The number of allylic oxidation sites excluding steroid dienone is 1. The summed E-state index contributed by atoms with van der Waals surface area (Å²) in [5.41, 5.74) is 1.19. The molecule has 4 nitrogen and oxygen atoms in total. The van der Waals surface area contributed by atoms with Crippen LogP contribution in [0.15, 0.2) is 29.7 Å². The Morgan fingerprint density at radius 3 is 3.04 bits per heavy atom. The number of thioether (sulfide) groups is 1. The number of benzene rings is 1. The van der Waals surface area contributed by atoms with E-state index in [1.165, 1.54) is 11.0 Å². The van der Waals surface area contributed by atoms with E-state index in [0.29, 0.717) is 22.8 Å². The SMILES string of the molecule is CC(=S)NCC1COC(=O)N1c1ccc(C2C=CSCC2)c(F)c1. The smallest absolute Gasteiger partial charge is 0.414 e. The lowest BCUT2D eigenvalue weighted by molar-refractivity contribution is 0.179. The van der Waals surface area contributed by atoms with Crippen LogP contribution < -0.4 is 10.2 Å². The Balaban J connectivity index is 1.81. The van der Waals surface area contributed by atoms with Gasteiger partial charge in [0.15, 0.2) is 0 Å². The molecule has 0 radical (unpaired) electrons. The van der Waals surface area contributed by atoms with E-state index in [4.69, 9.17) is 17.0 Å². The van der Waals surface area contributed by atoms with E-state index < -0.39 is 6.09 Å².